The van der Waals surface area contributed by atoms with Crippen LogP contribution in [0, 0.1) is 13.0 Å². The summed E-state index contributed by atoms with van der Waals surface area (Å²) in [5.74, 6) is 1.80. The van der Waals surface area contributed by atoms with E-state index in [0.29, 0.717) is 5.92 Å². The van der Waals surface area contributed by atoms with Crippen LogP contribution in [0.15, 0.2) is 0 Å². The Kier molecular flexibility index (Phi) is 5.66. The Labute approximate surface area is 55.8 Å². The second-order valence-corrected chi connectivity index (χ2v) is 2.84. The van der Waals surface area contributed by atoms with Crippen LogP contribution in [0.5, 0.6) is 0 Å². The molecule has 0 saturated carbocycles. The summed E-state index contributed by atoms with van der Waals surface area (Å²) in [6.07, 6.45) is 2.10. The normalized spacial score (nSPS) is 13.9. The first-order valence-corrected chi connectivity index (χ1v) is 4.06. The fourth-order valence-corrected chi connectivity index (χ4v) is 1.20. The summed E-state index contributed by atoms with van der Waals surface area (Å²) in [7, 11) is 3.30. The van der Waals surface area contributed by atoms with Crippen molar-refractivity contribution in [2.75, 3.05) is 18.6 Å². The van der Waals surface area contributed by atoms with Crippen molar-refractivity contribution in [2.24, 2.45) is 5.92 Å². The fourth-order valence-electron chi connectivity index (χ4n) is 0.534. The minimum atomic E-state index is 0.641. The van der Waals surface area contributed by atoms with E-state index in [2.05, 4.69) is 20.3 Å². The lowest BCUT2D eigenvalue weighted by molar-refractivity contribution is 0.207. The predicted octanol–water partition coefficient (Wildman–Crippen LogP) is 1.79. The van der Waals surface area contributed by atoms with Crippen LogP contribution < -0.4 is 0 Å². The second kappa shape index (κ2) is 5.45. The molecule has 1 nitrogen and oxygen atoms in total. The summed E-state index contributed by atoms with van der Waals surface area (Å²) in [6, 6.07) is 0. The molecule has 0 rings (SSSR count). The Hall–Kier alpha value is 0.310. The molecule has 0 amide bonds. The van der Waals surface area contributed by atoms with Crippen molar-refractivity contribution in [3.63, 3.8) is 0 Å². The Morgan fingerprint density at radius 3 is 2.75 bits per heavy atom. The van der Waals surface area contributed by atoms with Gasteiger partial charge < -0.3 is 4.74 Å². The summed E-state index contributed by atoms with van der Waals surface area (Å²) in [5.41, 5.74) is 0. The molecule has 0 saturated heterocycles. The second-order valence-electron chi connectivity index (χ2n) is 1.93. The molecule has 0 N–H and O–H groups in total. The Morgan fingerprint density at radius 2 is 2.38 bits per heavy atom. The Balaban J connectivity index is 2.92. The van der Waals surface area contributed by atoms with E-state index >= 15 is 0 Å². The average Bonchev–Trinajstić information content (AvgIpc) is 1.68. The van der Waals surface area contributed by atoms with Crippen LogP contribution in [0.4, 0.5) is 0 Å². The van der Waals surface area contributed by atoms with E-state index in [4.69, 9.17) is 4.74 Å². The quantitative estimate of drug-likeness (QED) is 0.578. The highest BCUT2D eigenvalue weighted by atomic mass is 32.2. The number of hydrogen-bond acceptors (Lipinski definition) is 2. The zero-order valence-corrected chi connectivity index (χ0v) is 6.33. The first-order chi connectivity index (χ1) is 3.81. The van der Waals surface area contributed by atoms with Crippen LogP contribution in [-0.2, 0) is 4.74 Å². The van der Waals surface area contributed by atoms with E-state index in [1.165, 1.54) is 0 Å². The lowest BCUT2D eigenvalue weighted by atomic mass is 10.2. The fraction of sp³-hybridized carbons (Fsp3) is 0.833. The number of ether oxygens (including phenoxy) is 1. The van der Waals surface area contributed by atoms with Crippen molar-refractivity contribution < 1.29 is 4.74 Å². The summed E-state index contributed by atoms with van der Waals surface area (Å²) >= 11 is 1.84. The van der Waals surface area contributed by atoms with Crippen LogP contribution in [0.25, 0.3) is 0 Å². The molecule has 49 valence electrons. The number of rotatable bonds is 4. The molecule has 0 heterocycles. The van der Waals surface area contributed by atoms with Gasteiger partial charge in [0.25, 0.3) is 0 Å². The van der Waals surface area contributed by atoms with Crippen molar-refractivity contribution in [1.29, 1.82) is 0 Å². The smallest absolute Gasteiger partial charge is 0.0700 e. The molecule has 0 aromatic rings. The monoisotopic (exact) mass is 133 g/mol. The predicted molar refractivity (Wildman–Crippen MR) is 38.9 cm³/mol. The molecule has 0 aromatic carbocycles. The maximum absolute atomic E-state index is 4.69. The standard InChI is InChI=1S/C6H13OS/c1-6(4-7-2)5-8-3/h6H,2,4-5H2,1,3H3. The van der Waals surface area contributed by atoms with Crippen LogP contribution in [0.1, 0.15) is 6.92 Å². The van der Waals surface area contributed by atoms with E-state index in [9.17, 15) is 0 Å². The molecule has 0 bridgehead atoms. The zero-order valence-electron chi connectivity index (χ0n) is 5.52. The van der Waals surface area contributed by atoms with Crippen molar-refractivity contribution in [1.82, 2.24) is 0 Å². The molecule has 0 aliphatic heterocycles. The molecule has 0 aliphatic carbocycles. The van der Waals surface area contributed by atoms with Gasteiger partial charge in [0.15, 0.2) is 0 Å². The maximum Gasteiger partial charge on any atom is 0.0700 e. The maximum atomic E-state index is 4.69. The van der Waals surface area contributed by atoms with Gasteiger partial charge in [-0.1, -0.05) is 6.92 Å². The van der Waals surface area contributed by atoms with Gasteiger partial charge in [-0.3, -0.25) is 0 Å². The SMILES string of the molecule is [CH2]OCC(C)CSC. The van der Waals surface area contributed by atoms with E-state index in [-0.39, 0.29) is 0 Å². The lowest BCUT2D eigenvalue weighted by Crippen LogP contribution is -2.04. The van der Waals surface area contributed by atoms with Gasteiger partial charge in [-0.25, -0.2) is 0 Å². The minimum Gasteiger partial charge on any atom is -0.379 e. The van der Waals surface area contributed by atoms with E-state index in [1.54, 1.807) is 0 Å². The zero-order chi connectivity index (χ0) is 6.41. The van der Waals surface area contributed by atoms with Gasteiger partial charge >= 0.3 is 0 Å². The van der Waals surface area contributed by atoms with Gasteiger partial charge in [0.05, 0.1) is 13.7 Å². The molecule has 1 radical (unpaired) electrons. The van der Waals surface area contributed by atoms with Crippen LogP contribution >= 0.6 is 11.8 Å². The van der Waals surface area contributed by atoms with Crippen LogP contribution in [0.3, 0.4) is 0 Å². The molecular formula is C6H13OS. The van der Waals surface area contributed by atoms with Gasteiger partial charge in [0.1, 0.15) is 0 Å². The molecule has 0 spiro atoms. The lowest BCUT2D eigenvalue weighted by Gasteiger charge is -2.05. The molecule has 8 heavy (non-hydrogen) atoms. The molecule has 0 fully saturated rings. The summed E-state index contributed by atoms with van der Waals surface area (Å²) in [4.78, 5) is 0. The first-order valence-electron chi connectivity index (χ1n) is 2.67. The molecule has 1 atom stereocenters. The topological polar surface area (TPSA) is 9.23 Å². The van der Waals surface area contributed by atoms with Crippen molar-refractivity contribution in [3.05, 3.63) is 7.11 Å². The van der Waals surface area contributed by atoms with Crippen molar-refractivity contribution >= 4 is 11.8 Å². The van der Waals surface area contributed by atoms with Gasteiger partial charge in [-0.2, -0.15) is 11.8 Å². The molecular weight excluding hydrogens is 120 g/mol. The molecule has 2 heteroatoms. The Morgan fingerprint density at radius 1 is 1.75 bits per heavy atom. The number of hydrogen-bond donors (Lipinski definition) is 0. The molecule has 0 aliphatic rings. The number of thioether (sulfide) groups is 1. The van der Waals surface area contributed by atoms with Crippen molar-refractivity contribution in [3.8, 4) is 0 Å². The van der Waals surface area contributed by atoms with E-state index in [0.717, 1.165) is 12.4 Å². The minimum absolute atomic E-state index is 0.641. The Bertz CT molecular complexity index is 41.8. The van der Waals surface area contributed by atoms with Gasteiger partial charge in [0, 0.05) is 0 Å². The highest BCUT2D eigenvalue weighted by Crippen LogP contribution is 2.03. The summed E-state index contributed by atoms with van der Waals surface area (Å²) in [5, 5.41) is 0. The largest absolute Gasteiger partial charge is 0.379 e. The molecule has 1 unspecified atom stereocenters. The third kappa shape index (κ3) is 4.47. The average molecular weight is 133 g/mol. The third-order valence-electron chi connectivity index (χ3n) is 0.854. The summed E-state index contributed by atoms with van der Waals surface area (Å²) < 4.78 is 4.69. The van der Waals surface area contributed by atoms with Gasteiger partial charge in [-0.05, 0) is 17.9 Å². The van der Waals surface area contributed by atoms with Gasteiger partial charge in [0.2, 0.25) is 0 Å². The van der Waals surface area contributed by atoms with Crippen LogP contribution in [0.2, 0.25) is 0 Å². The first kappa shape index (κ1) is 8.31. The highest BCUT2D eigenvalue weighted by molar-refractivity contribution is 7.98. The highest BCUT2D eigenvalue weighted by Gasteiger charge is 1.96. The van der Waals surface area contributed by atoms with E-state index < -0.39 is 0 Å². The third-order valence-corrected chi connectivity index (χ3v) is 1.76. The van der Waals surface area contributed by atoms with Crippen LogP contribution in [-0.4, -0.2) is 18.6 Å². The van der Waals surface area contributed by atoms with Gasteiger partial charge in [-0.15, -0.1) is 0 Å². The summed E-state index contributed by atoms with van der Waals surface area (Å²) in [6.45, 7) is 2.93. The molecule has 0 aromatic heterocycles. The van der Waals surface area contributed by atoms with Crippen molar-refractivity contribution in [2.45, 2.75) is 6.92 Å². The van der Waals surface area contributed by atoms with E-state index in [1.807, 2.05) is 11.8 Å².